The monoisotopic (exact) mass is 316 g/mol. The van der Waals surface area contributed by atoms with Gasteiger partial charge in [0.25, 0.3) is 0 Å². The van der Waals surface area contributed by atoms with Gasteiger partial charge in [0.05, 0.1) is 11.4 Å². The van der Waals surface area contributed by atoms with Gasteiger partial charge in [0.2, 0.25) is 0 Å². The average molecular weight is 316 g/mol. The zero-order valence-corrected chi connectivity index (χ0v) is 13.5. The molecule has 0 spiro atoms. The maximum atomic E-state index is 4.55. The second-order valence-corrected chi connectivity index (χ2v) is 6.71. The molecule has 0 bridgehead atoms. The van der Waals surface area contributed by atoms with Crippen LogP contribution in [0.25, 0.3) is 11.0 Å². The summed E-state index contributed by atoms with van der Waals surface area (Å²) >= 11 is 0. The Morgan fingerprint density at radius 2 is 1.92 bits per heavy atom. The summed E-state index contributed by atoms with van der Waals surface area (Å²) < 4.78 is 2.30. The molecule has 2 aromatic heterocycles. The van der Waals surface area contributed by atoms with Crippen LogP contribution in [0.5, 0.6) is 0 Å². The van der Waals surface area contributed by atoms with E-state index in [1.54, 1.807) is 6.33 Å². The summed E-state index contributed by atoms with van der Waals surface area (Å²) in [5.41, 5.74) is 3.89. The van der Waals surface area contributed by atoms with Crippen molar-refractivity contribution in [3.8, 4) is 0 Å². The van der Waals surface area contributed by atoms with Gasteiger partial charge in [-0.3, -0.25) is 0 Å². The van der Waals surface area contributed by atoms with Gasteiger partial charge in [-0.05, 0) is 42.9 Å². The molecule has 0 amide bonds. The van der Waals surface area contributed by atoms with Crippen molar-refractivity contribution in [2.75, 3.05) is 5.32 Å². The molecule has 0 saturated heterocycles. The fraction of sp³-hybridized carbons (Fsp3) is 0.300. The van der Waals surface area contributed by atoms with Crippen molar-refractivity contribution in [1.29, 1.82) is 0 Å². The molecule has 5 rings (SSSR count). The highest BCUT2D eigenvalue weighted by molar-refractivity contribution is 5.87. The fourth-order valence-corrected chi connectivity index (χ4v) is 4.08. The first-order valence-corrected chi connectivity index (χ1v) is 8.71. The van der Waals surface area contributed by atoms with Gasteiger partial charge in [-0.1, -0.05) is 36.4 Å². The number of hydrogen-bond donors (Lipinski definition) is 1. The smallest absolute Gasteiger partial charge is 0.145 e. The Balaban J connectivity index is 1.50. The summed E-state index contributed by atoms with van der Waals surface area (Å²) in [7, 11) is 0. The molecule has 3 aromatic rings. The third-order valence-electron chi connectivity index (χ3n) is 5.33. The van der Waals surface area contributed by atoms with Crippen molar-refractivity contribution >= 4 is 16.9 Å². The van der Waals surface area contributed by atoms with Gasteiger partial charge in [0.15, 0.2) is 0 Å². The van der Waals surface area contributed by atoms with Crippen LogP contribution in [0.3, 0.4) is 0 Å². The lowest BCUT2D eigenvalue weighted by molar-refractivity contribution is 0.550. The summed E-state index contributed by atoms with van der Waals surface area (Å²) in [6, 6.07) is 11.7. The van der Waals surface area contributed by atoms with E-state index >= 15 is 0 Å². The van der Waals surface area contributed by atoms with Crippen molar-refractivity contribution in [2.24, 2.45) is 0 Å². The van der Waals surface area contributed by atoms with E-state index in [9.17, 15) is 0 Å². The van der Waals surface area contributed by atoms with Gasteiger partial charge in [-0.15, -0.1) is 0 Å². The summed E-state index contributed by atoms with van der Waals surface area (Å²) in [6.07, 6.45) is 12.8. The van der Waals surface area contributed by atoms with Crippen molar-refractivity contribution in [3.05, 3.63) is 66.1 Å². The molecule has 0 saturated carbocycles. The number of benzene rings is 1. The standard InChI is InChI=1S/C20H20N4/c1-4-8-16-14(5-1)9-10-18(16)23-19-17-11-12-24(15-6-2-3-7-15)20(17)22-13-21-19/h1-5,8,11-13,15,18H,6-7,9-10H2,(H,21,22,23)/t18-/m0/s1. The lowest BCUT2D eigenvalue weighted by Gasteiger charge is -2.16. The van der Waals surface area contributed by atoms with Crippen molar-refractivity contribution in [2.45, 2.75) is 37.8 Å². The van der Waals surface area contributed by atoms with E-state index in [2.05, 4.69) is 68.5 Å². The van der Waals surface area contributed by atoms with Crippen LogP contribution in [0.4, 0.5) is 5.82 Å². The maximum Gasteiger partial charge on any atom is 0.145 e. The lowest BCUT2D eigenvalue weighted by atomic mass is 10.1. The average Bonchev–Trinajstić information content (AvgIpc) is 3.34. The van der Waals surface area contributed by atoms with Gasteiger partial charge in [0, 0.05) is 12.2 Å². The first-order valence-electron chi connectivity index (χ1n) is 8.71. The summed E-state index contributed by atoms with van der Waals surface area (Å²) in [4.78, 5) is 9.08. The van der Waals surface area contributed by atoms with Crippen molar-refractivity contribution < 1.29 is 0 Å². The minimum absolute atomic E-state index is 0.343. The normalized spacial score (nSPS) is 19.9. The molecular weight excluding hydrogens is 296 g/mol. The molecule has 24 heavy (non-hydrogen) atoms. The number of rotatable bonds is 3. The second kappa shape index (κ2) is 5.48. The molecule has 0 unspecified atom stereocenters. The Morgan fingerprint density at radius 3 is 2.83 bits per heavy atom. The molecule has 4 nitrogen and oxygen atoms in total. The van der Waals surface area contributed by atoms with E-state index in [4.69, 9.17) is 0 Å². The zero-order chi connectivity index (χ0) is 15.9. The van der Waals surface area contributed by atoms with Crippen LogP contribution >= 0.6 is 0 Å². The van der Waals surface area contributed by atoms with Crippen LogP contribution in [0.1, 0.15) is 42.5 Å². The minimum Gasteiger partial charge on any atom is -0.363 e. The topological polar surface area (TPSA) is 42.7 Å². The van der Waals surface area contributed by atoms with Gasteiger partial charge >= 0.3 is 0 Å². The van der Waals surface area contributed by atoms with E-state index in [1.807, 2.05) is 0 Å². The Kier molecular flexibility index (Phi) is 3.15. The van der Waals surface area contributed by atoms with Gasteiger partial charge in [-0.2, -0.15) is 0 Å². The third-order valence-corrected chi connectivity index (χ3v) is 5.33. The molecule has 1 atom stereocenters. The Bertz CT molecular complexity index is 916. The van der Waals surface area contributed by atoms with E-state index in [0.29, 0.717) is 12.1 Å². The summed E-state index contributed by atoms with van der Waals surface area (Å²) in [6.45, 7) is 0. The highest BCUT2D eigenvalue weighted by Crippen LogP contribution is 2.35. The van der Waals surface area contributed by atoms with Crippen LogP contribution in [0.2, 0.25) is 0 Å². The van der Waals surface area contributed by atoms with E-state index in [0.717, 1.165) is 42.5 Å². The maximum absolute atomic E-state index is 4.55. The number of nitrogens with zero attached hydrogens (tertiary/aromatic N) is 3. The first-order chi connectivity index (χ1) is 11.9. The number of aromatic nitrogens is 3. The molecule has 2 aliphatic rings. The predicted octanol–water partition coefficient (Wildman–Crippen LogP) is 4.42. The van der Waals surface area contributed by atoms with Crippen LogP contribution < -0.4 is 5.32 Å². The Morgan fingerprint density at radius 1 is 1.04 bits per heavy atom. The molecule has 0 aliphatic heterocycles. The SMILES string of the molecule is C1=CCC(n2ccc3c(N[C@H]4CCc5ccccc54)ncnc32)C1. The first kappa shape index (κ1) is 13.8. The molecule has 1 N–H and O–H groups in total. The quantitative estimate of drug-likeness (QED) is 0.727. The molecule has 2 heterocycles. The summed E-state index contributed by atoms with van der Waals surface area (Å²) in [5, 5.41) is 4.78. The minimum atomic E-state index is 0.343. The molecule has 1 aromatic carbocycles. The van der Waals surface area contributed by atoms with Gasteiger partial charge in [-0.25, -0.2) is 9.97 Å². The van der Waals surface area contributed by atoms with E-state index in [-0.39, 0.29) is 0 Å². The highest BCUT2D eigenvalue weighted by Gasteiger charge is 2.23. The van der Waals surface area contributed by atoms with Crippen LogP contribution in [-0.4, -0.2) is 14.5 Å². The van der Waals surface area contributed by atoms with E-state index < -0.39 is 0 Å². The molecule has 0 radical (unpaired) electrons. The number of aryl methyl sites for hydroxylation is 1. The fourth-order valence-electron chi connectivity index (χ4n) is 4.08. The zero-order valence-electron chi connectivity index (χ0n) is 13.5. The van der Waals surface area contributed by atoms with Gasteiger partial charge < -0.3 is 9.88 Å². The number of anilines is 1. The Labute approximate surface area is 141 Å². The number of nitrogens with one attached hydrogen (secondary N) is 1. The predicted molar refractivity (Wildman–Crippen MR) is 96.1 cm³/mol. The molecule has 120 valence electrons. The van der Waals surface area contributed by atoms with E-state index in [1.165, 1.54) is 11.1 Å². The molecule has 2 aliphatic carbocycles. The Hall–Kier alpha value is -2.62. The van der Waals surface area contributed by atoms with Crippen LogP contribution in [0.15, 0.2) is 55.0 Å². The lowest BCUT2D eigenvalue weighted by Crippen LogP contribution is -2.09. The van der Waals surface area contributed by atoms with Crippen molar-refractivity contribution in [3.63, 3.8) is 0 Å². The van der Waals surface area contributed by atoms with Crippen LogP contribution in [-0.2, 0) is 6.42 Å². The second-order valence-electron chi connectivity index (χ2n) is 6.71. The number of hydrogen-bond acceptors (Lipinski definition) is 3. The largest absolute Gasteiger partial charge is 0.363 e. The third kappa shape index (κ3) is 2.13. The highest BCUT2D eigenvalue weighted by atomic mass is 15.1. The molecule has 4 heteroatoms. The number of allylic oxidation sites excluding steroid dienone is 2. The van der Waals surface area contributed by atoms with Crippen LogP contribution in [0, 0.1) is 0 Å². The molecular formula is C20H20N4. The molecule has 0 fully saturated rings. The number of fused-ring (bicyclic) bond motifs is 2. The van der Waals surface area contributed by atoms with Crippen molar-refractivity contribution in [1.82, 2.24) is 14.5 Å². The van der Waals surface area contributed by atoms with Gasteiger partial charge in [0.1, 0.15) is 17.8 Å². The summed E-state index contributed by atoms with van der Waals surface area (Å²) in [5.74, 6) is 0.950.